The smallest absolute Gasteiger partial charge is 0.293 e. The first kappa shape index (κ1) is 19.0. The number of phenolic OH excluding ortho intramolecular Hbond substituents is 1. The van der Waals surface area contributed by atoms with E-state index in [9.17, 15) is 19.1 Å². The van der Waals surface area contributed by atoms with Gasteiger partial charge in [-0.25, -0.2) is 4.39 Å². The van der Waals surface area contributed by atoms with Crippen LogP contribution in [0.3, 0.4) is 0 Å². The normalized spacial score (nSPS) is 16.0. The van der Waals surface area contributed by atoms with Gasteiger partial charge in [-0.3, -0.25) is 14.5 Å². The molecule has 0 atom stereocenters. The number of phenols is 1. The summed E-state index contributed by atoms with van der Waals surface area (Å²) in [6.07, 6.45) is 1.45. The first-order valence-electron chi connectivity index (χ1n) is 7.13. The number of benzene rings is 2. The number of halogens is 4. The van der Waals surface area contributed by atoms with Gasteiger partial charge in [-0.15, -0.1) is 0 Å². The molecule has 3 rings (SSSR count). The molecule has 134 valence electrons. The number of thioether (sulfide) groups is 1. The van der Waals surface area contributed by atoms with Crippen LogP contribution < -0.4 is 0 Å². The SMILES string of the molecule is O=C1SC(=Cc2cc(Cl)c(O)c(Cl)c2)C(=O)N1Cc1ccc(F)cc1Cl. The van der Waals surface area contributed by atoms with E-state index in [2.05, 4.69) is 0 Å². The molecular formula is C17H9Cl3FNO3S. The molecule has 1 saturated heterocycles. The predicted molar refractivity (Wildman–Crippen MR) is 101 cm³/mol. The van der Waals surface area contributed by atoms with Crippen LogP contribution in [0.15, 0.2) is 35.2 Å². The van der Waals surface area contributed by atoms with E-state index < -0.39 is 17.0 Å². The Bertz CT molecular complexity index is 941. The van der Waals surface area contributed by atoms with Gasteiger partial charge in [-0.2, -0.15) is 0 Å². The topological polar surface area (TPSA) is 57.6 Å². The molecule has 0 unspecified atom stereocenters. The Morgan fingerprint density at radius 3 is 2.35 bits per heavy atom. The van der Waals surface area contributed by atoms with E-state index in [1.54, 1.807) is 0 Å². The van der Waals surface area contributed by atoms with Crippen LogP contribution in [0.4, 0.5) is 9.18 Å². The van der Waals surface area contributed by atoms with Gasteiger partial charge in [-0.05, 0) is 53.2 Å². The molecule has 0 aromatic heterocycles. The Kier molecular flexibility index (Phi) is 5.48. The highest BCUT2D eigenvalue weighted by Crippen LogP contribution is 2.37. The molecule has 2 amide bonds. The van der Waals surface area contributed by atoms with Gasteiger partial charge in [0.2, 0.25) is 0 Å². The molecule has 1 aliphatic rings. The Morgan fingerprint density at radius 1 is 1.08 bits per heavy atom. The number of carbonyl (C=O) groups is 2. The molecule has 0 radical (unpaired) electrons. The van der Waals surface area contributed by atoms with Crippen molar-refractivity contribution in [3.05, 3.63) is 67.2 Å². The monoisotopic (exact) mass is 431 g/mol. The Hall–Kier alpha value is -1.73. The molecule has 0 spiro atoms. The maximum absolute atomic E-state index is 13.1. The third-order valence-electron chi connectivity index (χ3n) is 3.55. The molecule has 1 N–H and O–H groups in total. The lowest BCUT2D eigenvalue weighted by Crippen LogP contribution is -2.27. The summed E-state index contributed by atoms with van der Waals surface area (Å²) in [6.45, 7) is -0.0712. The zero-order chi connectivity index (χ0) is 19.0. The molecule has 9 heteroatoms. The Morgan fingerprint density at radius 2 is 1.73 bits per heavy atom. The second kappa shape index (κ2) is 7.48. The minimum Gasteiger partial charge on any atom is -0.505 e. The van der Waals surface area contributed by atoms with Crippen LogP contribution in [0.1, 0.15) is 11.1 Å². The van der Waals surface area contributed by atoms with Crippen LogP contribution in [0.25, 0.3) is 6.08 Å². The summed E-state index contributed by atoms with van der Waals surface area (Å²) in [5.74, 6) is -1.28. The van der Waals surface area contributed by atoms with Gasteiger partial charge in [-0.1, -0.05) is 40.9 Å². The van der Waals surface area contributed by atoms with E-state index >= 15 is 0 Å². The van der Waals surface area contributed by atoms with Crippen molar-refractivity contribution in [3.8, 4) is 5.75 Å². The van der Waals surface area contributed by atoms with Gasteiger partial charge in [0.25, 0.3) is 11.1 Å². The fraction of sp³-hybridized carbons (Fsp3) is 0.0588. The second-order valence-electron chi connectivity index (χ2n) is 5.34. The highest BCUT2D eigenvalue weighted by Gasteiger charge is 2.35. The summed E-state index contributed by atoms with van der Waals surface area (Å²) in [7, 11) is 0. The van der Waals surface area contributed by atoms with Crippen LogP contribution in [-0.4, -0.2) is 21.2 Å². The molecule has 0 bridgehead atoms. The summed E-state index contributed by atoms with van der Waals surface area (Å²) in [6, 6.07) is 6.59. The molecule has 0 saturated carbocycles. The minimum atomic E-state index is -0.513. The average molecular weight is 433 g/mol. The molecular weight excluding hydrogens is 424 g/mol. The lowest BCUT2D eigenvalue weighted by atomic mass is 10.2. The number of aromatic hydroxyl groups is 1. The molecule has 2 aromatic rings. The van der Waals surface area contributed by atoms with Crippen LogP contribution in [0.2, 0.25) is 15.1 Å². The van der Waals surface area contributed by atoms with Gasteiger partial charge in [0.1, 0.15) is 5.82 Å². The summed E-state index contributed by atoms with van der Waals surface area (Å²) < 4.78 is 13.1. The molecule has 0 aliphatic carbocycles. The van der Waals surface area contributed by atoms with Crippen molar-refractivity contribution in [3.63, 3.8) is 0 Å². The minimum absolute atomic E-state index is 0.0288. The number of nitrogens with zero attached hydrogens (tertiary/aromatic N) is 1. The Balaban J connectivity index is 1.87. The summed E-state index contributed by atoms with van der Waals surface area (Å²) >= 11 is 18.4. The number of carbonyl (C=O) groups excluding carboxylic acids is 2. The fourth-order valence-electron chi connectivity index (χ4n) is 2.28. The van der Waals surface area contributed by atoms with E-state index in [1.165, 1.54) is 30.3 Å². The van der Waals surface area contributed by atoms with E-state index in [-0.39, 0.29) is 32.3 Å². The molecule has 4 nitrogen and oxygen atoms in total. The van der Waals surface area contributed by atoms with Crippen molar-refractivity contribution in [1.82, 2.24) is 4.90 Å². The van der Waals surface area contributed by atoms with Gasteiger partial charge in [0.15, 0.2) is 5.75 Å². The van der Waals surface area contributed by atoms with Gasteiger partial charge in [0, 0.05) is 5.02 Å². The highest BCUT2D eigenvalue weighted by molar-refractivity contribution is 8.18. The third-order valence-corrected chi connectivity index (χ3v) is 5.39. The van der Waals surface area contributed by atoms with Crippen molar-refractivity contribution >= 4 is 63.8 Å². The summed E-state index contributed by atoms with van der Waals surface area (Å²) in [5.41, 5.74) is 0.912. The van der Waals surface area contributed by atoms with Crippen LogP contribution in [-0.2, 0) is 11.3 Å². The van der Waals surface area contributed by atoms with Crippen molar-refractivity contribution in [2.45, 2.75) is 6.54 Å². The molecule has 1 fully saturated rings. The molecule has 1 aliphatic heterocycles. The quantitative estimate of drug-likeness (QED) is 0.629. The van der Waals surface area contributed by atoms with E-state index in [4.69, 9.17) is 34.8 Å². The van der Waals surface area contributed by atoms with E-state index in [0.717, 1.165) is 22.7 Å². The lowest BCUT2D eigenvalue weighted by molar-refractivity contribution is -0.123. The van der Waals surface area contributed by atoms with Crippen molar-refractivity contribution < 1.29 is 19.1 Å². The Labute approximate surface area is 167 Å². The summed E-state index contributed by atoms with van der Waals surface area (Å²) in [4.78, 5) is 25.9. The first-order valence-corrected chi connectivity index (χ1v) is 9.08. The third kappa shape index (κ3) is 3.83. The van der Waals surface area contributed by atoms with E-state index in [0.29, 0.717) is 11.1 Å². The number of rotatable bonds is 3. The predicted octanol–water partition coefficient (Wildman–Crippen LogP) is 5.73. The molecule has 2 aromatic carbocycles. The zero-order valence-electron chi connectivity index (χ0n) is 12.8. The average Bonchev–Trinajstić information content (AvgIpc) is 2.82. The fourth-order valence-corrected chi connectivity index (χ4v) is 3.85. The summed E-state index contributed by atoms with van der Waals surface area (Å²) in [5, 5.41) is 9.29. The standard InChI is InChI=1S/C17H9Cl3FNO3S/c18-11-6-10(21)2-1-9(11)7-22-16(24)14(26-17(22)25)5-8-3-12(19)15(23)13(20)4-8/h1-6,23H,7H2. The van der Waals surface area contributed by atoms with E-state index in [1.807, 2.05) is 0 Å². The van der Waals surface area contributed by atoms with Crippen LogP contribution >= 0.6 is 46.6 Å². The first-order chi connectivity index (χ1) is 12.3. The van der Waals surface area contributed by atoms with Gasteiger partial charge in [0.05, 0.1) is 21.5 Å². The van der Waals surface area contributed by atoms with Crippen LogP contribution in [0.5, 0.6) is 5.75 Å². The van der Waals surface area contributed by atoms with Crippen LogP contribution in [0, 0.1) is 5.82 Å². The second-order valence-corrected chi connectivity index (χ2v) is 7.55. The number of hydrogen-bond acceptors (Lipinski definition) is 4. The lowest BCUT2D eigenvalue weighted by Gasteiger charge is -2.13. The molecule has 1 heterocycles. The zero-order valence-corrected chi connectivity index (χ0v) is 15.9. The van der Waals surface area contributed by atoms with Crippen molar-refractivity contribution in [2.24, 2.45) is 0 Å². The van der Waals surface area contributed by atoms with Crippen molar-refractivity contribution in [2.75, 3.05) is 0 Å². The number of hydrogen-bond donors (Lipinski definition) is 1. The number of imide groups is 1. The number of amides is 2. The largest absolute Gasteiger partial charge is 0.505 e. The maximum Gasteiger partial charge on any atom is 0.293 e. The maximum atomic E-state index is 13.1. The highest BCUT2D eigenvalue weighted by atomic mass is 35.5. The van der Waals surface area contributed by atoms with Gasteiger partial charge >= 0.3 is 0 Å². The van der Waals surface area contributed by atoms with Gasteiger partial charge < -0.3 is 5.11 Å². The van der Waals surface area contributed by atoms with Crippen molar-refractivity contribution in [1.29, 1.82) is 0 Å². The molecule has 26 heavy (non-hydrogen) atoms.